The SMILES string of the molecule is COCCn1c(C)cnc1CCNC(=O)c1cc(C)nn1C. The number of methoxy groups -OCH3 is 1. The minimum atomic E-state index is -0.116. The molecule has 0 spiro atoms. The molecule has 0 bridgehead atoms. The average molecular weight is 305 g/mol. The average Bonchev–Trinajstić information content (AvgIpc) is 2.99. The number of rotatable bonds is 7. The van der Waals surface area contributed by atoms with Crippen LogP contribution in [0.2, 0.25) is 0 Å². The first-order chi connectivity index (χ1) is 10.5. The predicted octanol–water partition coefficient (Wildman–Crippen LogP) is 0.852. The number of nitrogens with one attached hydrogen (secondary N) is 1. The minimum absolute atomic E-state index is 0.116. The zero-order chi connectivity index (χ0) is 16.1. The van der Waals surface area contributed by atoms with Crippen LogP contribution in [0.1, 0.15) is 27.7 Å². The molecule has 2 aromatic rings. The molecule has 0 aromatic carbocycles. The quantitative estimate of drug-likeness (QED) is 0.823. The molecule has 0 saturated heterocycles. The van der Waals surface area contributed by atoms with Crippen molar-refractivity contribution in [1.29, 1.82) is 0 Å². The van der Waals surface area contributed by atoms with E-state index < -0.39 is 0 Å². The van der Waals surface area contributed by atoms with Crippen LogP contribution in [0, 0.1) is 13.8 Å². The lowest BCUT2D eigenvalue weighted by molar-refractivity contribution is 0.0944. The first-order valence-corrected chi connectivity index (χ1v) is 7.31. The van der Waals surface area contributed by atoms with Gasteiger partial charge in [-0.05, 0) is 19.9 Å². The van der Waals surface area contributed by atoms with Gasteiger partial charge in [0.1, 0.15) is 11.5 Å². The van der Waals surface area contributed by atoms with Gasteiger partial charge in [-0.1, -0.05) is 0 Å². The van der Waals surface area contributed by atoms with Crippen molar-refractivity contribution in [2.45, 2.75) is 26.8 Å². The van der Waals surface area contributed by atoms with E-state index in [9.17, 15) is 4.79 Å². The van der Waals surface area contributed by atoms with Crippen molar-refractivity contribution in [3.05, 3.63) is 35.2 Å². The van der Waals surface area contributed by atoms with Crippen LogP contribution < -0.4 is 5.32 Å². The lowest BCUT2D eigenvalue weighted by Crippen LogP contribution is -2.28. The van der Waals surface area contributed by atoms with Crippen LogP contribution in [0.4, 0.5) is 0 Å². The third-order valence-electron chi connectivity index (χ3n) is 3.53. The first kappa shape index (κ1) is 16.2. The summed E-state index contributed by atoms with van der Waals surface area (Å²) in [5.74, 6) is 0.839. The fourth-order valence-electron chi connectivity index (χ4n) is 2.40. The van der Waals surface area contributed by atoms with E-state index in [1.807, 2.05) is 20.0 Å². The van der Waals surface area contributed by atoms with Crippen LogP contribution in [0.5, 0.6) is 0 Å². The third kappa shape index (κ3) is 3.73. The monoisotopic (exact) mass is 305 g/mol. The number of carbonyl (C=O) groups excluding carboxylic acids is 1. The molecule has 0 unspecified atom stereocenters. The molecule has 0 radical (unpaired) electrons. The normalized spacial score (nSPS) is 10.9. The number of hydrogen-bond acceptors (Lipinski definition) is 4. The fourth-order valence-corrected chi connectivity index (χ4v) is 2.40. The molecule has 0 aliphatic rings. The summed E-state index contributed by atoms with van der Waals surface area (Å²) in [6.45, 7) is 5.83. The maximum absolute atomic E-state index is 12.1. The summed E-state index contributed by atoms with van der Waals surface area (Å²) in [6, 6.07) is 1.78. The Bertz CT molecular complexity index is 644. The Morgan fingerprint density at radius 3 is 2.82 bits per heavy atom. The van der Waals surface area contributed by atoms with Gasteiger partial charge in [0.25, 0.3) is 5.91 Å². The van der Waals surface area contributed by atoms with Crippen molar-refractivity contribution in [3.8, 4) is 0 Å². The van der Waals surface area contributed by atoms with Crippen LogP contribution in [0.3, 0.4) is 0 Å². The van der Waals surface area contributed by atoms with Crippen molar-refractivity contribution < 1.29 is 9.53 Å². The van der Waals surface area contributed by atoms with E-state index in [2.05, 4.69) is 20.0 Å². The van der Waals surface area contributed by atoms with Crippen LogP contribution in [-0.4, -0.2) is 45.5 Å². The van der Waals surface area contributed by atoms with Gasteiger partial charge < -0.3 is 14.6 Å². The molecule has 0 aliphatic heterocycles. The Balaban J connectivity index is 1.91. The lowest BCUT2D eigenvalue weighted by Gasteiger charge is -2.10. The van der Waals surface area contributed by atoms with Gasteiger partial charge in [-0.25, -0.2) is 4.98 Å². The van der Waals surface area contributed by atoms with Crippen molar-refractivity contribution in [3.63, 3.8) is 0 Å². The van der Waals surface area contributed by atoms with E-state index in [0.717, 1.165) is 23.8 Å². The van der Waals surface area contributed by atoms with Crippen molar-refractivity contribution in [2.75, 3.05) is 20.3 Å². The number of nitrogens with zero attached hydrogens (tertiary/aromatic N) is 4. The van der Waals surface area contributed by atoms with Gasteiger partial charge in [0, 0.05) is 45.6 Å². The van der Waals surface area contributed by atoms with Crippen molar-refractivity contribution in [1.82, 2.24) is 24.6 Å². The van der Waals surface area contributed by atoms with Gasteiger partial charge in [-0.2, -0.15) is 5.10 Å². The predicted molar refractivity (Wildman–Crippen MR) is 82.8 cm³/mol. The molecule has 7 nitrogen and oxygen atoms in total. The standard InChI is InChI=1S/C15H23N5O2/c1-11-9-13(19(3)18-11)15(21)16-6-5-14-17-10-12(2)20(14)7-8-22-4/h9-10H,5-8H2,1-4H3,(H,16,21). The maximum Gasteiger partial charge on any atom is 0.269 e. The van der Waals surface area contributed by atoms with Gasteiger partial charge in [0.15, 0.2) is 0 Å². The second kappa shape index (κ2) is 7.22. The minimum Gasteiger partial charge on any atom is -0.383 e. The summed E-state index contributed by atoms with van der Waals surface area (Å²) in [5, 5.41) is 7.08. The van der Waals surface area contributed by atoms with Gasteiger partial charge in [-0.3, -0.25) is 9.48 Å². The van der Waals surface area contributed by atoms with Crippen molar-refractivity contribution in [2.24, 2.45) is 7.05 Å². The number of carbonyl (C=O) groups is 1. The molecule has 0 aliphatic carbocycles. The molecule has 1 N–H and O–H groups in total. The zero-order valence-corrected chi connectivity index (χ0v) is 13.6. The van der Waals surface area contributed by atoms with Gasteiger partial charge in [0.2, 0.25) is 0 Å². The summed E-state index contributed by atoms with van der Waals surface area (Å²) in [6.07, 6.45) is 2.53. The Kier molecular flexibility index (Phi) is 5.32. The number of aryl methyl sites for hydroxylation is 3. The summed E-state index contributed by atoms with van der Waals surface area (Å²) in [4.78, 5) is 16.5. The molecular weight excluding hydrogens is 282 g/mol. The third-order valence-corrected chi connectivity index (χ3v) is 3.53. The Hall–Kier alpha value is -2.15. The summed E-state index contributed by atoms with van der Waals surface area (Å²) >= 11 is 0. The molecule has 120 valence electrons. The number of imidazole rings is 1. The molecule has 0 fully saturated rings. The van der Waals surface area contributed by atoms with E-state index in [4.69, 9.17) is 4.74 Å². The molecule has 7 heteroatoms. The second-order valence-electron chi connectivity index (χ2n) is 5.26. The summed E-state index contributed by atoms with van der Waals surface area (Å²) in [7, 11) is 3.45. The highest BCUT2D eigenvalue weighted by atomic mass is 16.5. The Morgan fingerprint density at radius 2 is 2.18 bits per heavy atom. The summed E-state index contributed by atoms with van der Waals surface area (Å²) in [5.41, 5.74) is 2.50. The largest absolute Gasteiger partial charge is 0.383 e. The number of aromatic nitrogens is 4. The van der Waals surface area contributed by atoms with Gasteiger partial charge in [-0.15, -0.1) is 0 Å². The maximum atomic E-state index is 12.1. The number of ether oxygens (including phenoxy) is 1. The molecule has 22 heavy (non-hydrogen) atoms. The Labute approximate surface area is 130 Å². The van der Waals surface area contributed by atoms with Crippen LogP contribution in [0.25, 0.3) is 0 Å². The van der Waals surface area contributed by atoms with Crippen LogP contribution >= 0.6 is 0 Å². The number of hydrogen-bond donors (Lipinski definition) is 1. The van der Waals surface area contributed by atoms with Crippen LogP contribution in [0.15, 0.2) is 12.3 Å². The van der Waals surface area contributed by atoms with Gasteiger partial charge in [0.05, 0.1) is 12.3 Å². The molecule has 2 aromatic heterocycles. The molecule has 2 rings (SSSR count). The topological polar surface area (TPSA) is 74.0 Å². The smallest absolute Gasteiger partial charge is 0.269 e. The Morgan fingerprint density at radius 1 is 1.41 bits per heavy atom. The first-order valence-electron chi connectivity index (χ1n) is 7.31. The van der Waals surface area contributed by atoms with E-state index >= 15 is 0 Å². The molecule has 2 heterocycles. The van der Waals surface area contributed by atoms with Crippen molar-refractivity contribution >= 4 is 5.91 Å². The number of amides is 1. The highest BCUT2D eigenvalue weighted by Gasteiger charge is 2.12. The highest BCUT2D eigenvalue weighted by molar-refractivity contribution is 5.92. The van der Waals surface area contributed by atoms with E-state index in [-0.39, 0.29) is 5.91 Å². The van der Waals surface area contributed by atoms with E-state index in [1.54, 1.807) is 24.9 Å². The molecule has 0 atom stereocenters. The summed E-state index contributed by atoms with van der Waals surface area (Å²) < 4.78 is 8.82. The molecule has 0 saturated carbocycles. The highest BCUT2D eigenvalue weighted by Crippen LogP contribution is 2.05. The zero-order valence-electron chi connectivity index (χ0n) is 13.6. The second-order valence-corrected chi connectivity index (χ2v) is 5.26. The van der Waals surface area contributed by atoms with Gasteiger partial charge >= 0.3 is 0 Å². The molecular formula is C15H23N5O2. The van der Waals surface area contributed by atoms with Crippen LogP contribution in [-0.2, 0) is 24.8 Å². The fraction of sp³-hybridized carbons (Fsp3) is 0.533. The van der Waals surface area contributed by atoms with E-state index in [0.29, 0.717) is 25.3 Å². The molecule has 1 amide bonds. The van der Waals surface area contributed by atoms with E-state index in [1.165, 1.54) is 0 Å². The lowest BCUT2D eigenvalue weighted by atomic mass is 10.3.